The van der Waals surface area contributed by atoms with Crippen LogP contribution in [0.25, 0.3) is 22.4 Å². The molecule has 0 aliphatic heterocycles. The summed E-state index contributed by atoms with van der Waals surface area (Å²) in [5, 5.41) is -0.111. The molecule has 0 saturated heterocycles. The first-order valence-corrected chi connectivity index (χ1v) is 15.6. The summed E-state index contributed by atoms with van der Waals surface area (Å²) < 4.78 is 84.5. The molecule has 5 rings (SSSR count). The van der Waals surface area contributed by atoms with E-state index in [1.807, 2.05) is 12.1 Å². The van der Waals surface area contributed by atoms with E-state index in [1.54, 1.807) is 55.5 Å². The Hall–Kier alpha value is -4.12. The van der Waals surface area contributed by atoms with Crippen molar-refractivity contribution < 1.29 is 35.7 Å². The van der Waals surface area contributed by atoms with Gasteiger partial charge in [0.2, 0.25) is 5.43 Å². The highest BCUT2D eigenvalue weighted by Crippen LogP contribution is 2.52. The van der Waals surface area contributed by atoms with Gasteiger partial charge in [-0.15, -0.1) is 0 Å². The summed E-state index contributed by atoms with van der Waals surface area (Å²) in [5.74, 6) is -1.11. The Morgan fingerprint density at radius 2 is 1.43 bits per heavy atom. The lowest BCUT2D eigenvalue weighted by atomic mass is 10.0. The maximum absolute atomic E-state index is 14.6. The zero-order valence-electron chi connectivity index (χ0n) is 24.2. The highest BCUT2D eigenvalue weighted by Gasteiger charge is 2.32. The van der Waals surface area contributed by atoms with Crippen LogP contribution in [0.5, 0.6) is 0 Å². The summed E-state index contributed by atoms with van der Waals surface area (Å²) >= 11 is 6.28. The predicted molar refractivity (Wildman–Crippen MR) is 165 cm³/mol. The van der Waals surface area contributed by atoms with Gasteiger partial charge < -0.3 is 4.98 Å². The fourth-order valence-electron chi connectivity index (χ4n) is 4.49. The molecule has 0 unspecified atom stereocenters. The molecule has 2 aromatic heterocycles. The molecule has 0 aliphatic rings. The van der Waals surface area contributed by atoms with Gasteiger partial charge in [-0.1, -0.05) is 78.3 Å². The van der Waals surface area contributed by atoms with Gasteiger partial charge in [-0.3, -0.25) is 23.3 Å². The van der Waals surface area contributed by atoms with E-state index in [0.717, 1.165) is 23.3 Å². The van der Waals surface area contributed by atoms with Gasteiger partial charge >= 0.3 is 14.0 Å². The number of aryl methyl sites for hydroxylation is 1. The van der Waals surface area contributed by atoms with Crippen molar-refractivity contribution in [2.24, 2.45) is 0 Å². The Bertz CT molecular complexity index is 1870. The van der Waals surface area contributed by atoms with Crippen LogP contribution in [0.4, 0.5) is 17.6 Å². The molecule has 0 saturated carbocycles. The average Bonchev–Trinajstić information content (AvgIpc) is 3.05. The van der Waals surface area contributed by atoms with Crippen LogP contribution < -0.4 is 5.43 Å². The topological polar surface area (TPSA) is 90.5 Å². The molecular weight excluding hydrogens is 647 g/mol. The van der Waals surface area contributed by atoms with E-state index in [9.17, 15) is 26.9 Å². The molecule has 0 atom stereocenters. The molecule has 13 heteroatoms. The number of rotatable bonds is 11. The third kappa shape index (κ3) is 7.99. The van der Waals surface area contributed by atoms with Gasteiger partial charge in [0.1, 0.15) is 10.8 Å². The number of nitrogens with zero attached hydrogens (tertiary/aromatic N) is 1. The van der Waals surface area contributed by atoms with Crippen molar-refractivity contribution in [2.45, 2.75) is 32.9 Å². The van der Waals surface area contributed by atoms with E-state index in [4.69, 9.17) is 25.2 Å². The largest absolute Gasteiger partial charge is 0.475 e. The molecular formula is C33H26ClF4N2O5P. The Balaban J connectivity index is 1.43. The van der Waals surface area contributed by atoms with Crippen LogP contribution in [0, 0.1) is 12.7 Å². The number of phosphoric ester groups is 1. The summed E-state index contributed by atoms with van der Waals surface area (Å²) in [4.78, 5) is 20.5. The Labute approximate surface area is 266 Å². The third-order valence-electron chi connectivity index (χ3n) is 6.85. The zero-order chi connectivity index (χ0) is 32.9. The molecule has 0 fully saturated rings. The molecule has 0 bridgehead atoms. The Morgan fingerprint density at radius 1 is 0.848 bits per heavy atom. The SMILES string of the molecule is Cc1[nH]c(COP(=O)(OCc2ccccc2)OCc2ccccc2)c(-c2ccc(-c3ccc(C(F)(F)F)cc3F)nc2)c(=O)c1Cl. The number of phosphoric acid groups is 1. The first-order valence-electron chi connectivity index (χ1n) is 13.8. The Morgan fingerprint density at radius 3 is 1.96 bits per heavy atom. The second-order valence-electron chi connectivity index (χ2n) is 10.1. The maximum Gasteiger partial charge on any atom is 0.475 e. The van der Waals surface area contributed by atoms with Crippen molar-refractivity contribution in [1.29, 1.82) is 0 Å². The van der Waals surface area contributed by atoms with Crippen LogP contribution in [0.1, 0.15) is 28.1 Å². The maximum atomic E-state index is 14.6. The van der Waals surface area contributed by atoms with Gasteiger partial charge in [0.15, 0.2) is 0 Å². The first kappa shape index (κ1) is 33.2. The zero-order valence-corrected chi connectivity index (χ0v) is 25.8. The fourth-order valence-corrected chi connectivity index (χ4v) is 5.75. The smallest absolute Gasteiger partial charge is 0.359 e. The molecule has 0 radical (unpaired) electrons. The molecule has 0 amide bonds. The number of alkyl halides is 3. The molecule has 7 nitrogen and oxygen atoms in total. The third-order valence-corrected chi connectivity index (χ3v) is 8.64. The molecule has 2 heterocycles. The number of pyridine rings is 2. The van der Waals surface area contributed by atoms with E-state index < -0.39 is 37.4 Å². The normalized spacial score (nSPS) is 12.0. The van der Waals surface area contributed by atoms with Crippen LogP contribution in [0.2, 0.25) is 5.02 Å². The molecule has 238 valence electrons. The lowest BCUT2D eigenvalue weighted by Gasteiger charge is -2.20. The van der Waals surface area contributed by atoms with Crippen LogP contribution in [0.15, 0.2) is 102 Å². The number of benzene rings is 3. The number of hydrogen-bond acceptors (Lipinski definition) is 6. The van der Waals surface area contributed by atoms with Crippen molar-refractivity contribution in [3.63, 3.8) is 0 Å². The van der Waals surface area contributed by atoms with Gasteiger partial charge in [0, 0.05) is 23.0 Å². The number of aromatic nitrogens is 2. The van der Waals surface area contributed by atoms with Gasteiger partial charge in [0.25, 0.3) is 0 Å². The Kier molecular flexibility index (Phi) is 10.2. The molecule has 0 aliphatic carbocycles. The molecule has 3 aromatic carbocycles. The standard InChI is InChI=1S/C33H26ClF4N2O5P/c1-21-31(34)32(41)30(24-12-15-28(39-17-24)26-14-13-25(16-27(26)35)33(36,37)38)29(40-21)20-45-46(42,43-18-22-8-4-2-5-9-22)44-19-23-10-6-3-7-11-23/h2-17H,18-20H2,1H3,(H,40,41). The summed E-state index contributed by atoms with van der Waals surface area (Å²) in [6, 6.07) is 22.9. The van der Waals surface area contributed by atoms with Gasteiger partial charge in [-0.05, 0) is 42.3 Å². The summed E-state index contributed by atoms with van der Waals surface area (Å²) in [6.07, 6.45) is -3.45. The van der Waals surface area contributed by atoms with Crippen LogP contribution >= 0.6 is 19.4 Å². The van der Waals surface area contributed by atoms with E-state index in [2.05, 4.69) is 9.97 Å². The minimum absolute atomic E-state index is 0.0280. The minimum atomic E-state index is -4.70. The monoisotopic (exact) mass is 672 g/mol. The minimum Gasteiger partial charge on any atom is -0.359 e. The number of H-pyrrole nitrogens is 1. The summed E-state index contributed by atoms with van der Waals surface area (Å²) in [7, 11) is -4.23. The number of hydrogen-bond donors (Lipinski definition) is 1. The van der Waals surface area contributed by atoms with E-state index in [-0.39, 0.29) is 46.3 Å². The van der Waals surface area contributed by atoms with Gasteiger partial charge in [-0.2, -0.15) is 13.2 Å². The number of aromatic amines is 1. The number of nitrogens with one attached hydrogen (secondary N) is 1. The van der Waals surface area contributed by atoms with Crippen LogP contribution in [0.3, 0.4) is 0 Å². The highest BCUT2D eigenvalue weighted by atomic mass is 35.5. The van der Waals surface area contributed by atoms with Crippen molar-refractivity contribution in [1.82, 2.24) is 9.97 Å². The number of halogens is 5. The van der Waals surface area contributed by atoms with Crippen molar-refractivity contribution >= 4 is 19.4 Å². The quantitative estimate of drug-likeness (QED) is 0.111. The van der Waals surface area contributed by atoms with Gasteiger partial charge in [-0.25, -0.2) is 8.96 Å². The van der Waals surface area contributed by atoms with E-state index >= 15 is 0 Å². The first-order chi connectivity index (χ1) is 21.9. The predicted octanol–water partition coefficient (Wildman–Crippen LogP) is 9.28. The molecule has 1 N–H and O–H groups in total. The molecule has 5 aromatic rings. The van der Waals surface area contributed by atoms with E-state index in [1.165, 1.54) is 18.3 Å². The lowest BCUT2D eigenvalue weighted by Crippen LogP contribution is -2.14. The summed E-state index contributed by atoms with van der Waals surface area (Å²) in [6.45, 7) is 0.978. The van der Waals surface area contributed by atoms with Crippen molar-refractivity contribution in [3.8, 4) is 22.4 Å². The second-order valence-corrected chi connectivity index (χ2v) is 12.2. The average molecular weight is 673 g/mol. The molecule has 0 spiro atoms. The molecule has 46 heavy (non-hydrogen) atoms. The second kappa shape index (κ2) is 14.1. The van der Waals surface area contributed by atoms with Crippen molar-refractivity contribution in [3.05, 3.63) is 146 Å². The van der Waals surface area contributed by atoms with Gasteiger partial charge in [0.05, 0.1) is 42.3 Å². The highest BCUT2D eigenvalue weighted by molar-refractivity contribution is 7.48. The van der Waals surface area contributed by atoms with E-state index in [0.29, 0.717) is 11.8 Å². The fraction of sp³-hybridized carbons (Fsp3) is 0.152. The van der Waals surface area contributed by atoms with Crippen LogP contribution in [-0.2, 0) is 44.1 Å². The van der Waals surface area contributed by atoms with Crippen LogP contribution in [-0.4, -0.2) is 9.97 Å². The van der Waals surface area contributed by atoms with Crippen molar-refractivity contribution in [2.75, 3.05) is 0 Å². The lowest BCUT2D eigenvalue weighted by molar-refractivity contribution is -0.137. The summed E-state index contributed by atoms with van der Waals surface area (Å²) in [5.41, 5.74) is 0.364.